The zero-order valence-corrected chi connectivity index (χ0v) is 15.7. The van der Waals surface area contributed by atoms with Crippen LogP contribution in [0.1, 0.15) is 54.4 Å². The van der Waals surface area contributed by atoms with Crippen LogP contribution in [0.5, 0.6) is 0 Å². The van der Waals surface area contributed by atoms with Crippen LogP contribution in [0, 0.1) is 11.8 Å². The first-order valence-corrected chi connectivity index (χ1v) is 9.95. The fourth-order valence-corrected chi connectivity index (χ4v) is 7.75. The summed E-state index contributed by atoms with van der Waals surface area (Å²) in [6, 6.07) is 0. The van der Waals surface area contributed by atoms with Crippen molar-refractivity contribution in [2.45, 2.75) is 54.4 Å². The molecule has 0 fully saturated rings. The van der Waals surface area contributed by atoms with E-state index in [0.29, 0.717) is 11.8 Å². The van der Waals surface area contributed by atoms with Gasteiger partial charge in [0.15, 0.2) is 0 Å². The molecule has 0 heterocycles. The van der Waals surface area contributed by atoms with E-state index in [9.17, 15) is 0 Å². The van der Waals surface area contributed by atoms with E-state index in [1.54, 1.807) is 28.9 Å². The third-order valence-electron chi connectivity index (χ3n) is 4.18. The normalized spacial score (nSPS) is 19.8. The topological polar surface area (TPSA) is 0 Å². The summed E-state index contributed by atoms with van der Waals surface area (Å²) in [4.78, 5) is 0. The first-order chi connectivity index (χ1) is 8.91. The Balaban J connectivity index is 2.27. The SMILES string of the molecule is CC1=[C]([Zr][C]2=C(C)CC=C2C(C)C)C(C(C)C)=CC1. The molecular weight excluding hydrogens is 307 g/mol. The number of allylic oxidation sites excluding steroid dienone is 8. The summed E-state index contributed by atoms with van der Waals surface area (Å²) in [6.07, 6.45) is 7.38. The van der Waals surface area contributed by atoms with Gasteiger partial charge < -0.3 is 0 Å². The molecule has 0 atom stereocenters. The molecule has 0 aliphatic heterocycles. The van der Waals surface area contributed by atoms with E-state index in [4.69, 9.17) is 0 Å². The van der Waals surface area contributed by atoms with Crippen molar-refractivity contribution >= 4 is 0 Å². The molecule has 19 heavy (non-hydrogen) atoms. The molecule has 0 nitrogen and oxygen atoms in total. The fraction of sp³-hybridized carbons (Fsp3) is 0.556. The Hall–Kier alpha value is -0.157. The van der Waals surface area contributed by atoms with Gasteiger partial charge in [-0.1, -0.05) is 0 Å². The molecule has 2 rings (SSSR count). The van der Waals surface area contributed by atoms with Crippen LogP contribution in [0.25, 0.3) is 0 Å². The summed E-state index contributed by atoms with van der Waals surface area (Å²) >= 11 is -0.613. The van der Waals surface area contributed by atoms with Gasteiger partial charge in [-0.2, -0.15) is 0 Å². The van der Waals surface area contributed by atoms with Crippen LogP contribution in [0.4, 0.5) is 0 Å². The van der Waals surface area contributed by atoms with Crippen LogP contribution in [0.2, 0.25) is 0 Å². The Morgan fingerprint density at radius 3 is 1.47 bits per heavy atom. The number of hydrogen-bond donors (Lipinski definition) is 0. The Kier molecular flexibility index (Phi) is 4.88. The fourth-order valence-electron chi connectivity index (χ4n) is 2.96. The molecule has 0 aromatic rings. The van der Waals surface area contributed by atoms with Crippen LogP contribution >= 0.6 is 0 Å². The second-order valence-electron chi connectivity index (χ2n) is 6.47. The second kappa shape index (κ2) is 6.08. The van der Waals surface area contributed by atoms with Gasteiger partial charge in [0.25, 0.3) is 0 Å². The molecule has 0 bridgehead atoms. The maximum atomic E-state index is 2.49. The third kappa shape index (κ3) is 3.13. The molecule has 2 aliphatic rings. The Labute approximate surface area is 130 Å². The molecule has 0 saturated heterocycles. The predicted octanol–water partition coefficient (Wildman–Crippen LogP) is 5.59. The maximum absolute atomic E-state index is 2.49. The summed E-state index contributed by atoms with van der Waals surface area (Å²) in [6.45, 7) is 14.1. The van der Waals surface area contributed by atoms with Crippen molar-refractivity contribution in [1.29, 1.82) is 0 Å². The van der Waals surface area contributed by atoms with Crippen LogP contribution in [0.3, 0.4) is 0 Å². The molecule has 0 radical (unpaired) electrons. The third-order valence-corrected chi connectivity index (χ3v) is 8.93. The molecule has 0 amide bonds. The van der Waals surface area contributed by atoms with Gasteiger partial charge in [0.2, 0.25) is 0 Å². The van der Waals surface area contributed by atoms with Crippen LogP contribution in [-0.4, -0.2) is 0 Å². The monoisotopic (exact) mass is 332 g/mol. The van der Waals surface area contributed by atoms with Crippen molar-refractivity contribution < 1.29 is 23.2 Å². The van der Waals surface area contributed by atoms with Gasteiger partial charge in [-0.3, -0.25) is 0 Å². The minimum absolute atomic E-state index is 0.613. The zero-order valence-electron chi connectivity index (χ0n) is 13.2. The quantitative estimate of drug-likeness (QED) is 0.629. The van der Waals surface area contributed by atoms with Crippen molar-refractivity contribution in [3.05, 3.63) is 41.0 Å². The summed E-state index contributed by atoms with van der Waals surface area (Å²) < 4.78 is 3.59. The predicted molar refractivity (Wildman–Crippen MR) is 80.5 cm³/mol. The zero-order chi connectivity index (χ0) is 14.2. The first-order valence-electron chi connectivity index (χ1n) is 7.49. The van der Waals surface area contributed by atoms with Crippen molar-refractivity contribution in [3.63, 3.8) is 0 Å². The molecule has 0 saturated carbocycles. The Morgan fingerprint density at radius 2 is 1.16 bits per heavy atom. The Morgan fingerprint density at radius 1 is 0.789 bits per heavy atom. The summed E-state index contributed by atoms with van der Waals surface area (Å²) in [5.74, 6) is 1.39. The van der Waals surface area contributed by atoms with Crippen molar-refractivity contribution in [2.75, 3.05) is 0 Å². The number of rotatable bonds is 4. The summed E-state index contributed by atoms with van der Waals surface area (Å²) in [5.41, 5.74) is 6.65. The molecule has 2 aliphatic carbocycles. The van der Waals surface area contributed by atoms with Crippen LogP contribution in [-0.2, 0) is 23.2 Å². The van der Waals surface area contributed by atoms with Gasteiger partial charge >= 0.3 is 130 Å². The van der Waals surface area contributed by atoms with Crippen molar-refractivity contribution in [1.82, 2.24) is 0 Å². The minimum atomic E-state index is -0.613. The molecule has 0 N–H and O–H groups in total. The molecule has 0 aromatic carbocycles. The Bertz CT molecular complexity index is 450. The molecule has 0 unspecified atom stereocenters. The molecule has 102 valence electrons. The molecule has 0 aromatic heterocycles. The molecule has 1 heteroatoms. The van der Waals surface area contributed by atoms with E-state index in [2.05, 4.69) is 53.7 Å². The van der Waals surface area contributed by atoms with Crippen LogP contribution < -0.4 is 0 Å². The van der Waals surface area contributed by atoms with Gasteiger partial charge in [0, 0.05) is 0 Å². The first kappa shape index (κ1) is 15.2. The molecule has 0 spiro atoms. The summed E-state index contributed by atoms with van der Waals surface area (Å²) in [5, 5.41) is 0. The second-order valence-corrected chi connectivity index (χ2v) is 9.54. The van der Waals surface area contributed by atoms with Gasteiger partial charge in [0.1, 0.15) is 0 Å². The standard InChI is InChI=1S/2C9H13.Zr/c2*1-7(2)9-5-4-8(3)6-9;/h2*5,7H,4H2,1-3H3;. The summed E-state index contributed by atoms with van der Waals surface area (Å²) in [7, 11) is 0. The average Bonchev–Trinajstić information content (AvgIpc) is 2.85. The average molecular weight is 334 g/mol. The van der Waals surface area contributed by atoms with E-state index in [1.165, 1.54) is 12.8 Å². The van der Waals surface area contributed by atoms with Gasteiger partial charge in [-0.05, 0) is 0 Å². The molecular formula is C18H26Zr. The van der Waals surface area contributed by atoms with E-state index in [0.717, 1.165) is 0 Å². The van der Waals surface area contributed by atoms with E-state index in [1.807, 2.05) is 0 Å². The van der Waals surface area contributed by atoms with E-state index >= 15 is 0 Å². The number of hydrogen-bond acceptors (Lipinski definition) is 0. The van der Waals surface area contributed by atoms with Gasteiger partial charge in [-0.25, -0.2) is 0 Å². The van der Waals surface area contributed by atoms with E-state index in [-0.39, 0.29) is 0 Å². The van der Waals surface area contributed by atoms with Crippen LogP contribution in [0.15, 0.2) is 41.0 Å². The van der Waals surface area contributed by atoms with E-state index < -0.39 is 23.2 Å². The van der Waals surface area contributed by atoms with Crippen molar-refractivity contribution in [3.8, 4) is 0 Å². The van der Waals surface area contributed by atoms with Crippen molar-refractivity contribution in [2.24, 2.45) is 11.8 Å². The van der Waals surface area contributed by atoms with Gasteiger partial charge in [0.05, 0.1) is 0 Å². The van der Waals surface area contributed by atoms with Gasteiger partial charge in [-0.15, -0.1) is 0 Å².